The quantitative estimate of drug-likeness (QED) is 0.0740. The van der Waals surface area contributed by atoms with E-state index >= 15 is 0 Å². The first kappa shape index (κ1) is 56.8. The predicted molar refractivity (Wildman–Crippen MR) is 289 cm³/mol. The van der Waals surface area contributed by atoms with E-state index < -0.39 is 0 Å². The van der Waals surface area contributed by atoms with Crippen LogP contribution >= 0.6 is 0 Å². The Hall–Kier alpha value is -1.41. The number of fused-ring (bicyclic) bond motifs is 6. The van der Waals surface area contributed by atoms with Gasteiger partial charge in [0, 0.05) is 35.8 Å². The Morgan fingerprint density at radius 2 is 1.24 bits per heavy atom. The molecule has 6 saturated carbocycles. The number of carbonyl (C=O) groups is 1. The molecule has 4 unspecified atom stereocenters. The topological polar surface area (TPSA) is 96.4 Å². The van der Waals surface area contributed by atoms with Crippen LogP contribution in [0.25, 0.3) is 0 Å². The van der Waals surface area contributed by atoms with Crippen molar-refractivity contribution in [2.75, 3.05) is 106 Å². The summed E-state index contributed by atoms with van der Waals surface area (Å²) in [6, 6.07) is 0. The van der Waals surface area contributed by atoms with E-state index in [9.17, 15) is 9.90 Å². The molecule has 8 fully saturated rings. The molecule has 11 heteroatoms. The summed E-state index contributed by atoms with van der Waals surface area (Å²) >= 11 is 0. The molecule has 0 aromatic heterocycles. The Labute approximate surface area is 439 Å². The zero-order chi connectivity index (χ0) is 51.3. The molecule has 0 spiro atoms. The Morgan fingerprint density at radius 3 is 1.86 bits per heavy atom. The molecule has 0 amide bonds. The lowest BCUT2D eigenvalue weighted by Gasteiger charge is -2.63. The maximum absolute atomic E-state index is 12.7. The number of carbonyl (C=O) groups excluding carboxylic acids is 1. The van der Waals surface area contributed by atoms with E-state index in [1.807, 2.05) is 6.92 Å². The van der Waals surface area contributed by atoms with Crippen molar-refractivity contribution in [1.82, 2.24) is 19.6 Å². The third kappa shape index (κ3) is 12.5. The molecule has 1 N–H and O–H groups in total. The Kier molecular flexibility index (Phi) is 19.7. The molecule has 2 heterocycles. The highest BCUT2D eigenvalue weighted by atomic mass is 16.7. The molecule has 8 rings (SSSR count). The Morgan fingerprint density at radius 1 is 0.653 bits per heavy atom. The normalized spacial score (nSPS) is 39.4. The maximum atomic E-state index is 12.7. The van der Waals surface area contributed by atoms with Crippen molar-refractivity contribution in [2.45, 2.75) is 188 Å². The Bertz CT molecular complexity index is 1780. The van der Waals surface area contributed by atoms with Crippen LogP contribution in [0.5, 0.6) is 0 Å². The highest BCUT2D eigenvalue weighted by Gasteiger charge is 2.62. The van der Waals surface area contributed by atoms with Crippen LogP contribution in [0.3, 0.4) is 0 Å². The molecule has 11 nitrogen and oxygen atoms in total. The molecule has 0 radical (unpaired) electrons. The van der Waals surface area contributed by atoms with E-state index in [4.69, 9.17) is 36.8 Å². The zero-order valence-corrected chi connectivity index (χ0v) is 47.3. The molecule has 0 bridgehead atoms. The number of aliphatic hydroxyl groups is 1. The van der Waals surface area contributed by atoms with Crippen LogP contribution in [0.15, 0.2) is 24.3 Å². The van der Waals surface area contributed by atoms with Gasteiger partial charge in [-0.05, 0) is 217 Å². The summed E-state index contributed by atoms with van der Waals surface area (Å²) in [5.41, 5.74) is 3.29. The number of hydrogen-bond donors (Lipinski definition) is 1. The van der Waals surface area contributed by atoms with Gasteiger partial charge in [-0.15, -0.1) is 0 Å². The fraction of sp³-hybridized carbons (Fsp3) is 0.918. The third-order valence-corrected chi connectivity index (χ3v) is 21.6. The van der Waals surface area contributed by atoms with Crippen LogP contribution in [0.4, 0.5) is 0 Å². The molecule has 72 heavy (non-hydrogen) atoms. The van der Waals surface area contributed by atoms with Gasteiger partial charge in [0.1, 0.15) is 0 Å². The van der Waals surface area contributed by atoms with Gasteiger partial charge in [0.2, 0.25) is 0 Å². The SMILES string of the molecule is C=C1CCC2[C@]3(C)CO[C@@H](C4CCCC4)O[C@@H]3CC[C@@]2(C)[C@@H]1CCCN(CCO)CCCN(C)CC1CCCC1[C@@H]1OC[C@@]2(C)C3CCC(=C)[C@@H](CCN(CCCN(C)C)CC(=O)OCC)[C@]3(C)CC[C@H]2O1. The number of rotatable bonds is 24. The molecule has 0 aromatic rings. The summed E-state index contributed by atoms with van der Waals surface area (Å²) in [5.74, 6) is 3.55. The van der Waals surface area contributed by atoms with Crippen LogP contribution in [0.1, 0.15) is 163 Å². The van der Waals surface area contributed by atoms with E-state index in [2.05, 4.69) is 68.4 Å². The van der Waals surface area contributed by atoms with Crippen LogP contribution in [-0.2, 0) is 28.5 Å². The van der Waals surface area contributed by atoms with Crippen LogP contribution in [0.2, 0.25) is 0 Å². The average Bonchev–Trinajstić information content (AvgIpc) is 4.05. The molecule has 0 aromatic carbocycles. The average molecular weight is 1010 g/mol. The summed E-state index contributed by atoms with van der Waals surface area (Å²) in [4.78, 5) is 22.3. The zero-order valence-electron chi connectivity index (χ0n) is 47.3. The van der Waals surface area contributed by atoms with Gasteiger partial charge in [0.05, 0.1) is 45.2 Å². The second kappa shape index (κ2) is 24.9. The number of nitrogens with zero attached hydrogens (tertiary/aromatic N) is 4. The monoisotopic (exact) mass is 1010 g/mol. The lowest BCUT2D eigenvalue weighted by Crippen LogP contribution is -2.62. The van der Waals surface area contributed by atoms with Gasteiger partial charge in [0.25, 0.3) is 0 Å². The van der Waals surface area contributed by atoms with E-state index in [0.29, 0.717) is 60.7 Å². The number of allylic oxidation sites excluding steroid dienone is 2. The first-order chi connectivity index (χ1) is 34.5. The summed E-state index contributed by atoms with van der Waals surface area (Å²) in [6.45, 7) is 31.8. The maximum Gasteiger partial charge on any atom is 0.320 e. The minimum Gasteiger partial charge on any atom is -0.465 e. The lowest BCUT2D eigenvalue weighted by molar-refractivity contribution is -0.319. The van der Waals surface area contributed by atoms with Gasteiger partial charge in [-0.1, -0.05) is 71.3 Å². The van der Waals surface area contributed by atoms with E-state index in [1.165, 1.54) is 75.4 Å². The van der Waals surface area contributed by atoms with Gasteiger partial charge in [-0.3, -0.25) is 9.69 Å². The molecule has 6 aliphatic carbocycles. The van der Waals surface area contributed by atoms with Crippen molar-refractivity contribution in [3.05, 3.63) is 24.3 Å². The summed E-state index contributed by atoms with van der Waals surface area (Å²) in [7, 11) is 6.55. The summed E-state index contributed by atoms with van der Waals surface area (Å²) < 4.78 is 33.1. The molecular weight excluding hydrogens is 901 g/mol. The second-order valence-electron chi connectivity index (χ2n) is 26.6. The van der Waals surface area contributed by atoms with Crippen molar-refractivity contribution in [1.29, 1.82) is 0 Å². The van der Waals surface area contributed by atoms with Gasteiger partial charge in [0.15, 0.2) is 12.6 Å². The summed E-state index contributed by atoms with van der Waals surface area (Å²) in [6.07, 6.45) is 23.9. The van der Waals surface area contributed by atoms with E-state index in [1.54, 1.807) is 0 Å². The molecule has 14 atom stereocenters. The fourth-order valence-electron chi connectivity index (χ4n) is 17.8. The predicted octanol–water partition coefficient (Wildman–Crippen LogP) is 10.5. The van der Waals surface area contributed by atoms with Crippen LogP contribution in [-0.4, -0.2) is 162 Å². The van der Waals surface area contributed by atoms with Crippen molar-refractivity contribution in [3.8, 4) is 0 Å². The molecule has 2 aliphatic heterocycles. The number of esters is 1. The van der Waals surface area contributed by atoms with Crippen molar-refractivity contribution in [3.63, 3.8) is 0 Å². The lowest BCUT2D eigenvalue weighted by atomic mass is 9.46. The number of ether oxygens (including phenoxy) is 5. The number of aliphatic hydroxyl groups excluding tert-OH is 1. The number of hydrogen-bond acceptors (Lipinski definition) is 11. The van der Waals surface area contributed by atoms with Gasteiger partial charge < -0.3 is 43.5 Å². The third-order valence-electron chi connectivity index (χ3n) is 21.6. The molecule has 2 saturated heterocycles. The smallest absolute Gasteiger partial charge is 0.320 e. The van der Waals surface area contributed by atoms with Crippen molar-refractivity contribution in [2.24, 2.45) is 63.1 Å². The van der Waals surface area contributed by atoms with E-state index in [0.717, 1.165) is 130 Å². The highest BCUT2D eigenvalue weighted by Crippen LogP contribution is 2.65. The Balaban J connectivity index is 0.789. The van der Waals surface area contributed by atoms with Gasteiger partial charge in [-0.2, -0.15) is 0 Å². The largest absolute Gasteiger partial charge is 0.465 e. The first-order valence-corrected chi connectivity index (χ1v) is 30.0. The van der Waals surface area contributed by atoms with Crippen LogP contribution < -0.4 is 0 Å². The second-order valence-corrected chi connectivity index (χ2v) is 26.6. The minimum atomic E-state index is -0.119. The van der Waals surface area contributed by atoms with Crippen molar-refractivity contribution >= 4 is 5.97 Å². The molecule has 412 valence electrons. The standard InChI is InChI=1S/C61H106N4O7/c1-11-68-55(67)41-65(36-16-32-62(8)9)37-29-50-45(3)24-26-52-59(50,5)31-28-54-61(52,7)43-70-57(72-54)48-21-14-20-47(48)40-63(10)33-17-35-64(38-39-66)34-15-22-49-44(2)23-25-51-58(49,4)30-27-53-60(51,6)42-69-56(71-53)46-18-12-13-19-46/h46-54,56-57,66H,2-3,11-43H2,1,4-10H3/t47?,48?,49-,50-,51?,52?,53-,54-,56-,57-,58+,59+,60+,61+/m1/s1. The van der Waals surface area contributed by atoms with Gasteiger partial charge in [-0.25, -0.2) is 0 Å². The van der Waals surface area contributed by atoms with E-state index in [-0.39, 0.29) is 52.9 Å². The van der Waals surface area contributed by atoms with Crippen molar-refractivity contribution < 1.29 is 33.6 Å². The summed E-state index contributed by atoms with van der Waals surface area (Å²) in [5, 5.41) is 10.2. The molecule has 8 aliphatic rings. The minimum absolute atomic E-state index is 0.0111. The van der Waals surface area contributed by atoms with Crippen LogP contribution in [0, 0.1) is 63.1 Å². The first-order valence-electron chi connectivity index (χ1n) is 30.0. The fourth-order valence-corrected chi connectivity index (χ4v) is 17.8. The highest BCUT2D eigenvalue weighted by molar-refractivity contribution is 5.71. The molecular formula is C61H106N4O7. The van der Waals surface area contributed by atoms with Gasteiger partial charge >= 0.3 is 5.97 Å².